The van der Waals surface area contributed by atoms with E-state index in [2.05, 4.69) is 15.6 Å². The Hall–Kier alpha value is -1.62. The largest absolute Gasteiger partial charge is 0.380 e. The molecule has 0 saturated heterocycles. The molecule has 0 bridgehead atoms. The molecule has 2 N–H and O–H groups in total. The lowest BCUT2D eigenvalue weighted by Crippen LogP contribution is -2.31. The highest BCUT2D eigenvalue weighted by Gasteiger charge is 2.07. The Morgan fingerprint density at radius 1 is 1.62 bits per heavy atom. The van der Waals surface area contributed by atoms with Crippen LogP contribution in [0.1, 0.15) is 17.3 Å². The lowest BCUT2D eigenvalue weighted by molar-refractivity contribution is 0.0870. The van der Waals surface area contributed by atoms with Crippen LogP contribution in [0.25, 0.3) is 0 Å². The van der Waals surface area contributed by atoms with E-state index in [1.165, 1.54) is 0 Å². The van der Waals surface area contributed by atoms with Crippen LogP contribution >= 0.6 is 0 Å². The van der Waals surface area contributed by atoms with Gasteiger partial charge in [0.25, 0.3) is 5.91 Å². The van der Waals surface area contributed by atoms with Gasteiger partial charge in [-0.1, -0.05) is 0 Å². The average Bonchev–Trinajstić information content (AvgIpc) is 2.35. The molecule has 1 aromatic rings. The van der Waals surface area contributed by atoms with Crippen LogP contribution in [0.4, 0.5) is 5.82 Å². The van der Waals surface area contributed by atoms with E-state index in [0.717, 1.165) is 0 Å². The van der Waals surface area contributed by atoms with E-state index in [9.17, 15) is 4.79 Å². The topological polar surface area (TPSA) is 63.2 Å². The summed E-state index contributed by atoms with van der Waals surface area (Å²) in [4.78, 5) is 15.7. The van der Waals surface area contributed by atoms with Crippen molar-refractivity contribution in [2.75, 3.05) is 26.0 Å². The van der Waals surface area contributed by atoms with Crippen LogP contribution < -0.4 is 10.6 Å². The number of carbonyl (C=O) groups excluding carboxylic acids is 1. The molecule has 88 valence electrons. The highest BCUT2D eigenvalue weighted by atomic mass is 16.5. The number of ether oxygens (including phenoxy) is 1. The number of rotatable bonds is 5. The predicted molar refractivity (Wildman–Crippen MR) is 62.6 cm³/mol. The van der Waals surface area contributed by atoms with Crippen LogP contribution in [0.3, 0.4) is 0 Å². The van der Waals surface area contributed by atoms with Gasteiger partial charge in [-0.2, -0.15) is 0 Å². The predicted octanol–water partition coefficient (Wildman–Crippen LogP) is 0.888. The van der Waals surface area contributed by atoms with Gasteiger partial charge in [-0.25, -0.2) is 4.98 Å². The van der Waals surface area contributed by atoms with Gasteiger partial charge in [0.05, 0.1) is 6.10 Å². The monoisotopic (exact) mass is 223 g/mol. The van der Waals surface area contributed by atoms with Crippen molar-refractivity contribution in [1.29, 1.82) is 0 Å². The lowest BCUT2D eigenvalue weighted by Gasteiger charge is -2.11. The fourth-order valence-corrected chi connectivity index (χ4v) is 1.13. The maximum absolute atomic E-state index is 11.7. The van der Waals surface area contributed by atoms with E-state index in [1.807, 2.05) is 6.92 Å². The molecule has 16 heavy (non-hydrogen) atoms. The summed E-state index contributed by atoms with van der Waals surface area (Å²) in [5.74, 6) is 0.551. The molecule has 1 rings (SSSR count). The molecule has 0 aliphatic rings. The van der Waals surface area contributed by atoms with Gasteiger partial charge in [0.15, 0.2) is 0 Å². The van der Waals surface area contributed by atoms with E-state index in [0.29, 0.717) is 17.9 Å². The van der Waals surface area contributed by atoms with Crippen molar-refractivity contribution in [3.05, 3.63) is 23.9 Å². The van der Waals surface area contributed by atoms with Gasteiger partial charge < -0.3 is 15.4 Å². The van der Waals surface area contributed by atoms with E-state index in [-0.39, 0.29) is 12.0 Å². The summed E-state index contributed by atoms with van der Waals surface area (Å²) in [7, 11) is 3.37. The maximum atomic E-state index is 11.7. The minimum absolute atomic E-state index is 0.00885. The number of hydrogen-bond acceptors (Lipinski definition) is 4. The first-order valence-electron chi connectivity index (χ1n) is 5.12. The summed E-state index contributed by atoms with van der Waals surface area (Å²) < 4.78 is 5.04. The van der Waals surface area contributed by atoms with Gasteiger partial charge in [-0.15, -0.1) is 0 Å². The minimum Gasteiger partial charge on any atom is -0.380 e. The zero-order valence-corrected chi connectivity index (χ0v) is 9.78. The molecule has 0 saturated carbocycles. The van der Waals surface area contributed by atoms with Gasteiger partial charge in [0, 0.05) is 32.5 Å². The molecule has 1 amide bonds. The van der Waals surface area contributed by atoms with E-state index >= 15 is 0 Å². The zero-order valence-electron chi connectivity index (χ0n) is 9.78. The molecule has 5 heteroatoms. The highest BCUT2D eigenvalue weighted by Crippen LogP contribution is 2.05. The van der Waals surface area contributed by atoms with Crippen molar-refractivity contribution in [1.82, 2.24) is 10.3 Å². The molecule has 0 radical (unpaired) electrons. The first-order chi connectivity index (χ1) is 7.67. The molecule has 0 aliphatic heterocycles. The Bertz CT molecular complexity index is 355. The molecule has 0 aromatic carbocycles. The third-order valence-corrected chi connectivity index (χ3v) is 2.23. The second-order valence-corrected chi connectivity index (χ2v) is 3.44. The van der Waals surface area contributed by atoms with Crippen LogP contribution in [0.5, 0.6) is 0 Å². The van der Waals surface area contributed by atoms with Crippen molar-refractivity contribution in [3.8, 4) is 0 Å². The van der Waals surface area contributed by atoms with Gasteiger partial charge in [0.1, 0.15) is 5.82 Å². The van der Waals surface area contributed by atoms with Crippen LogP contribution in [0, 0.1) is 0 Å². The number of pyridine rings is 1. The van der Waals surface area contributed by atoms with E-state index < -0.39 is 0 Å². The van der Waals surface area contributed by atoms with Crippen molar-refractivity contribution < 1.29 is 9.53 Å². The van der Waals surface area contributed by atoms with Gasteiger partial charge in [0.2, 0.25) is 0 Å². The summed E-state index contributed by atoms with van der Waals surface area (Å²) >= 11 is 0. The molecule has 5 nitrogen and oxygen atoms in total. The Labute approximate surface area is 95.2 Å². The molecule has 0 aliphatic carbocycles. The molecule has 0 fully saturated rings. The Kier molecular flexibility index (Phi) is 4.72. The molecule has 1 aromatic heterocycles. The first kappa shape index (κ1) is 12.4. The number of amides is 1. The fourth-order valence-electron chi connectivity index (χ4n) is 1.13. The van der Waals surface area contributed by atoms with Crippen LogP contribution in [-0.4, -0.2) is 37.7 Å². The minimum atomic E-state index is -0.122. The number of nitrogens with zero attached hydrogens (tertiary/aromatic N) is 1. The van der Waals surface area contributed by atoms with Gasteiger partial charge >= 0.3 is 0 Å². The Balaban J connectivity index is 2.58. The molecule has 1 atom stereocenters. The van der Waals surface area contributed by atoms with Gasteiger partial charge in [-0.3, -0.25) is 4.79 Å². The second-order valence-electron chi connectivity index (χ2n) is 3.44. The van der Waals surface area contributed by atoms with Crippen molar-refractivity contribution >= 4 is 11.7 Å². The van der Waals surface area contributed by atoms with E-state index in [1.54, 1.807) is 32.5 Å². The molecular formula is C11H17N3O2. The lowest BCUT2D eigenvalue weighted by atomic mass is 10.2. The van der Waals surface area contributed by atoms with Crippen LogP contribution in [0.2, 0.25) is 0 Å². The quantitative estimate of drug-likeness (QED) is 0.778. The van der Waals surface area contributed by atoms with Crippen LogP contribution in [0.15, 0.2) is 18.3 Å². The number of aromatic nitrogens is 1. The third-order valence-electron chi connectivity index (χ3n) is 2.23. The van der Waals surface area contributed by atoms with Crippen molar-refractivity contribution in [3.63, 3.8) is 0 Å². The first-order valence-corrected chi connectivity index (χ1v) is 5.12. The summed E-state index contributed by atoms with van der Waals surface area (Å²) in [6.45, 7) is 2.39. The normalized spacial score (nSPS) is 11.9. The zero-order chi connectivity index (χ0) is 12.0. The summed E-state index contributed by atoms with van der Waals surface area (Å²) in [5, 5.41) is 5.66. The smallest absolute Gasteiger partial charge is 0.251 e. The SMILES string of the molecule is CNc1cc(C(=O)NCC(C)OC)ccn1. The maximum Gasteiger partial charge on any atom is 0.251 e. The number of nitrogens with one attached hydrogen (secondary N) is 2. The Morgan fingerprint density at radius 3 is 3.00 bits per heavy atom. The van der Waals surface area contributed by atoms with E-state index in [4.69, 9.17) is 4.74 Å². The third kappa shape index (κ3) is 3.51. The average molecular weight is 223 g/mol. The highest BCUT2D eigenvalue weighted by molar-refractivity contribution is 5.94. The molecular weight excluding hydrogens is 206 g/mol. The molecule has 1 heterocycles. The number of carbonyl (C=O) groups is 1. The second kappa shape index (κ2) is 6.07. The van der Waals surface area contributed by atoms with Crippen molar-refractivity contribution in [2.45, 2.75) is 13.0 Å². The van der Waals surface area contributed by atoms with Crippen molar-refractivity contribution in [2.24, 2.45) is 0 Å². The number of anilines is 1. The number of hydrogen-bond donors (Lipinski definition) is 2. The molecule has 0 spiro atoms. The molecule has 1 unspecified atom stereocenters. The Morgan fingerprint density at radius 2 is 2.38 bits per heavy atom. The van der Waals surface area contributed by atoms with Crippen LogP contribution in [-0.2, 0) is 4.74 Å². The standard InChI is InChI=1S/C11H17N3O2/c1-8(16-3)7-14-11(15)9-4-5-13-10(6-9)12-2/h4-6,8H,7H2,1-3H3,(H,12,13)(H,14,15). The fraction of sp³-hybridized carbons (Fsp3) is 0.455. The summed E-state index contributed by atoms with van der Waals surface area (Å²) in [5.41, 5.74) is 0.586. The summed E-state index contributed by atoms with van der Waals surface area (Å²) in [6, 6.07) is 3.38. The van der Waals surface area contributed by atoms with Gasteiger partial charge in [-0.05, 0) is 19.1 Å². The number of methoxy groups -OCH3 is 1. The summed E-state index contributed by atoms with van der Waals surface area (Å²) in [6.07, 6.45) is 1.61.